The van der Waals surface area contributed by atoms with Gasteiger partial charge in [-0.2, -0.15) is 0 Å². The molecule has 1 atom stereocenters. The van der Waals surface area contributed by atoms with Gasteiger partial charge in [-0.15, -0.1) is 0 Å². The summed E-state index contributed by atoms with van der Waals surface area (Å²) in [5, 5.41) is 3.55. The van der Waals surface area contributed by atoms with Gasteiger partial charge in [-0.05, 0) is 38.0 Å². The van der Waals surface area contributed by atoms with Crippen LogP contribution in [-0.4, -0.2) is 49.8 Å². The van der Waals surface area contributed by atoms with Crippen molar-refractivity contribution in [2.45, 2.75) is 44.2 Å². The summed E-state index contributed by atoms with van der Waals surface area (Å²) in [6, 6.07) is 1.54. The molecule has 0 radical (unpaired) electrons. The summed E-state index contributed by atoms with van der Waals surface area (Å²) in [5.41, 5.74) is 0. The molecule has 2 saturated carbocycles. The molecule has 0 amide bonds. The maximum Gasteiger partial charge on any atom is 0.0620 e. The van der Waals surface area contributed by atoms with Gasteiger partial charge in [0.1, 0.15) is 0 Å². The maximum absolute atomic E-state index is 5.50. The second-order valence-corrected chi connectivity index (χ2v) is 5.68. The number of hydrogen-bond acceptors (Lipinski definition) is 3. The number of hydrogen-bond donors (Lipinski definition) is 1. The van der Waals surface area contributed by atoms with Crippen molar-refractivity contribution in [2.24, 2.45) is 5.92 Å². The minimum atomic E-state index is 0.606. The summed E-state index contributed by atoms with van der Waals surface area (Å²) < 4.78 is 5.50. The van der Waals surface area contributed by atoms with Crippen LogP contribution >= 0.6 is 0 Å². The molecular formula is C13H24N2O. The van der Waals surface area contributed by atoms with E-state index in [9.17, 15) is 0 Å². The van der Waals surface area contributed by atoms with E-state index in [0.717, 1.165) is 31.7 Å². The number of morpholine rings is 1. The van der Waals surface area contributed by atoms with Crippen LogP contribution in [0, 0.1) is 5.92 Å². The minimum absolute atomic E-state index is 0.606. The van der Waals surface area contributed by atoms with Crippen LogP contribution in [0.2, 0.25) is 0 Å². The van der Waals surface area contributed by atoms with Gasteiger partial charge in [0.05, 0.1) is 13.2 Å². The lowest BCUT2D eigenvalue weighted by Gasteiger charge is -2.28. The molecule has 0 bridgehead atoms. The SMILES string of the molecule is C1COCC(CCN(CC2CC2)C2CC2)N1. The Morgan fingerprint density at radius 2 is 2.06 bits per heavy atom. The smallest absolute Gasteiger partial charge is 0.0620 e. The van der Waals surface area contributed by atoms with E-state index in [4.69, 9.17) is 4.74 Å². The fourth-order valence-corrected chi connectivity index (χ4v) is 2.62. The third-order valence-corrected chi connectivity index (χ3v) is 4.02. The summed E-state index contributed by atoms with van der Waals surface area (Å²) in [7, 11) is 0. The van der Waals surface area contributed by atoms with Gasteiger partial charge in [-0.3, -0.25) is 0 Å². The van der Waals surface area contributed by atoms with Crippen molar-refractivity contribution in [1.82, 2.24) is 10.2 Å². The van der Waals surface area contributed by atoms with E-state index >= 15 is 0 Å². The number of nitrogens with one attached hydrogen (secondary N) is 1. The number of rotatable bonds is 6. The summed E-state index contributed by atoms with van der Waals surface area (Å²) in [6.07, 6.45) is 7.12. The molecule has 3 rings (SSSR count). The summed E-state index contributed by atoms with van der Waals surface area (Å²) in [4.78, 5) is 2.74. The molecule has 16 heavy (non-hydrogen) atoms. The predicted molar refractivity (Wildman–Crippen MR) is 64.5 cm³/mol. The van der Waals surface area contributed by atoms with Gasteiger partial charge < -0.3 is 15.0 Å². The number of ether oxygens (including phenoxy) is 1. The van der Waals surface area contributed by atoms with Crippen LogP contribution in [0.4, 0.5) is 0 Å². The molecule has 1 saturated heterocycles. The molecule has 1 unspecified atom stereocenters. The molecule has 0 aromatic carbocycles. The van der Waals surface area contributed by atoms with Crippen molar-refractivity contribution >= 4 is 0 Å². The Labute approximate surface area is 98.5 Å². The fraction of sp³-hybridized carbons (Fsp3) is 1.00. The van der Waals surface area contributed by atoms with Gasteiger partial charge >= 0.3 is 0 Å². The zero-order valence-electron chi connectivity index (χ0n) is 10.2. The molecule has 0 aromatic rings. The Bertz CT molecular complexity index is 220. The molecule has 1 heterocycles. The average Bonchev–Trinajstić information content (AvgIpc) is 3.16. The van der Waals surface area contributed by atoms with E-state index in [0.29, 0.717) is 6.04 Å². The van der Waals surface area contributed by atoms with Crippen LogP contribution < -0.4 is 5.32 Å². The van der Waals surface area contributed by atoms with Gasteiger partial charge in [0.15, 0.2) is 0 Å². The summed E-state index contributed by atoms with van der Waals surface area (Å²) >= 11 is 0. The first-order valence-corrected chi connectivity index (χ1v) is 6.97. The van der Waals surface area contributed by atoms with E-state index in [1.807, 2.05) is 0 Å². The van der Waals surface area contributed by atoms with Crippen molar-refractivity contribution in [2.75, 3.05) is 32.8 Å². The largest absolute Gasteiger partial charge is 0.379 e. The summed E-state index contributed by atoms with van der Waals surface area (Å²) in [6.45, 7) is 5.50. The highest BCUT2D eigenvalue weighted by Gasteiger charge is 2.33. The molecule has 92 valence electrons. The molecule has 0 spiro atoms. The third kappa shape index (κ3) is 3.19. The second-order valence-electron chi connectivity index (χ2n) is 5.68. The normalized spacial score (nSPS) is 30.9. The van der Waals surface area contributed by atoms with Crippen LogP contribution in [0.3, 0.4) is 0 Å². The first-order valence-electron chi connectivity index (χ1n) is 6.97. The molecule has 3 fully saturated rings. The van der Waals surface area contributed by atoms with Gasteiger partial charge in [-0.25, -0.2) is 0 Å². The molecule has 3 heteroatoms. The van der Waals surface area contributed by atoms with Crippen molar-refractivity contribution < 1.29 is 4.74 Å². The quantitative estimate of drug-likeness (QED) is 0.734. The minimum Gasteiger partial charge on any atom is -0.379 e. The first-order chi connectivity index (χ1) is 7.92. The second kappa shape index (κ2) is 5.03. The predicted octanol–water partition coefficient (Wildman–Crippen LogP) is 1.24. The lowest BCUT2D eigenvalue weighted by Crippen LogP contribution is -2.43. The van der Waals surface area contributed by atoms with Crippen molar-refractivity contribution in [3.8, 4) is 0 Å². The Morgan fingerprint density at radius 3 is 2.69 bits per heavy atom. The van der Waals surface area contributed by atoms with E-state index in [1.165, 1.54) is 45.2 Å². The molecule has 3 aliphatic rings. The average molecular weight is 224 g/mol. The monoisotopic (exact) mass is 224 g/mol. The van der Waals surface area contributed by atoms with E-state index in [2.05, 4.69) is 10.2 Å². The molecule has 1 aliphatic heterocycles. The van der Waals surface area contributed by atoms with Crippen molar-refractivity contribution in [3.05, 3.63) is 0 Å². The van der Waals surface area contributed by atoms with Crippen LogP contribution in [0.25, 0.3) is 0 Å². The van der Waals surface area contributed by atoms with Crippen LogP contribution in [0.5, 0.6) is 0 Å². The molecule has 1 N–H and O–H groups in total. The van der Waals surface area contributed by atoms with Gasteiger partial charge in [0.25, 0.3) is 0 Å². The van der Waals surface area contributed by atoms with E-state index < -0.39 is 0 Å². The van der Waals surface area contributed by atoms with E-state index in [-0.39, 0.29) is 0 Å². The highest BCUT2D eigenvalue weighted by atomic mass is 16.5. The van der Waals surface area contributed by atoms with Gasteiger partial charge in [0, 0.05) is 31.7 Å². The zero-order valence-corrected chi connectivity index (χ0v) is 10.2. The van der Waals surface area contributed by atoms with Crippen LogP contribution in [-0.2, 0) is 4.74 Å². The lowest BCUT2D eigenvalue weighted by molar-refractivity contribution is 0.0692. The highest BCUT2D eigenvalue weighted by molar-refractivity contribution is 4.89. The third-order valence-electron chi connectivity index (χ3n) is 4.02. The standard InChI is InChI=1S/C13H24N2O/c1-2-11(1)9-15(13-3-4-13)7-5-12-10-16-8-6-14-12/h11-14H,1-10H2. The maximum atomic E-state index is 5.50. The molecule has 0 aromatic heterocycles. The van der Waals surface area contributed by atoms with Crippen molar-refractivity contribution in [3.63, 3.8) is 0 Å². The molecule has 3 nitrogen and oxygen atoms in total. The Hall–Kier alpha value is -0.120. The number of nitrogens with zero attached hydrogens (tertiary/aromatic N) is 1. The Balaban J connectivity index is 1.39. The fourth-order valence-electron chi connectivity index (χ4n) is 2.62. The molecule has 2 aliphatic carbocycles. The Morgan fingerprint density at radius 1 is 1.19 bits per heavy atom. The first kappa shape index (κ1) is 11.0. The van der Waals surface area contributed by atoms with Crippen molar-refractivity contribution in [1.29, 1.82) is 0 Å². The van der Waals surface area contributed by atoms with Crippen LogP contribution in [0.1, 0.15) is 32.1 Å². The van der Waals surface area contributed by atoms with Gasteiger partial charge in [-0.1, -0.05) is 0 Å². The zero-order chi connectivity index (χ0) is 10.8. The van der Waals surface area contributed by atoms with E-state index in [1.54, 1.807) is 0 Å². The van der Waals surface area contributed by atoms with Crippen LogP contribution in [0.15, 0.2) is 0 Å². The summed E-state index contributed by atoms with van der Waals surface area (Å²) in [5.74, 6) is 1.04. The topological polar surface area (TPSA) is 24.5 Å². The highest BCUT2D eigenvalue weighted by Crippen LogP contribution is 2.34. The Kier molecular flexibility index (Phi) is 3.46. The lowest BCUT2D eigenvalue weighted by atomic mass is 10.2. The molecular weight excluding hydrogens is 200 g/mol. The van der Waals surface area contributed by atoms with Gasteiger partial charge in [0.2, 0.25) is 0 Å².